The summed E-state index contributed by atoms with van der Waals surface area (Å²) in [7, 11) is 0. The van der Waals surface area contributed by atoms with Crippen molar-refractivity contribution in [2.45, 2.75) is 51.5 Å². The first kappa shape index (κ1) is 16.0. The Morgan fingerprint density at radius 2 is 1.87 bits per heavy atom. The molecule has 0 bridgehead atoms. The molecule has 2 atom stereocenters. The smallest absolute Gasteiger partial charge is 0.338 e. The first-order chi connectivity index (χ1) is 11.1. The molecule has 1 N–H and O–H groups in total. The van der Waals surface area contributed by atoms with Crippen LogP contribution in [0.3, 0.4) is 0 Å². The van der Waals surface area contributed by atoms with Crippen LogP contribution in [0.2, 0.25) is 0 Å². The highest BCUT2D eigenvalue weighted by Crippen LogP contribution is 2.32. The van der Waals surface area contributed by atoms with Gasteiger partial charge < -0.3 is 10.0 Å². The first-order valence-corrected chi connectivity index (χ1v) is 8.62. The summed E-state index contributed by atoms with van der Waals surface area (Å²) in [6, 6.07) is 0.191. The minimum atomic E-state index is -0.949. The highest BCUT2D eigenvalue weighted by molar-refractivity contribution is 5.86. The van der Waals surface area contributed by atoms with Crippen molar-refractivity contribution in [1.29, 1.82) is 0 Å². The van der Waals surface area contributed by atoms with Crippen LogP contribution in [-0.4, -0.2) is 44.8 Å². The summed E-state index contributed by atoms with van der Waals surface area (Å²) in [5.41, 5.74) is 0.222. The standard InChI is InChI=1S/C17H25N3O3/c1-12-4-2-3-5-15(12)16(21)19-8-6-14(7-9-19)20-11-13(10-18-20)17(22)23/h10-12,14-15H,2-9H2,1H3,(H,22,23). The maximum absolute atomic E-state index is 12.7. The van der Waals surface area contributed by atoms with Crippen molar-refractivity contribution in [3.05, 3.63) is 18.0 Å². The summed E-state index contributed by atoms with van der Waals surface area (Å²) in [6.07, 6.45) is 9.28. The van der Waals surface area contributed by atoms with Gasteiger partial charge >= 0.3 is 5.97 Å². The Labute approximate surface area is 136 Å². The zero-order chi connectivity index (χ0) is 16.4. The van der Waals surface area contributed by atoms with Gasteiger partial charge in [-0.1, -0.05) is 19.8 Å². The average molecular weight is 319 g/mol. The second kappa shape index (κ2) is 6.72. The molecule has 0 aromatic carbocycles. The Morgan fingerprint density at radius 3 is 2.48 bits per heavy atom. The second-order valence-corrected chi connectivity index (χ2v) is 6.94. The Hall–Kier alpha value is -1.85. The monoisotopic (exact) mass is 319 g/mol. The van der Waals surface area contributed by atoms with Crippen LogP contribution >= 0.6 is 0 Å². The molecule has 6 nitrogen and oxygen atoms in total. The number of hydrogen-bond donors (Lipinski definition) is 1. The Bertz CT molecular complexity index is 575. The molecule has 2 fully saturated rings. The summed E-state index contributed by atoms with van der Waals surface area (Å²) in [5.74, 6) is 0.0688. The van der Waals surface area contributed by atoms with Crippen molar-refractivity contribution in [1.82, 2.24) is 14.7 Å². The average Bonchev–Trinajstić information content (AvgIpc) is 3.05. The fraction of sp³-hybridized carbons (Fsp3) is 0.706. The summed E-state index contributed by atoms with van der Waals surface area (Å²) < 4.78 is 1.74. The van der Waals surface area contributed by atoms with Gasteiger partial charge in [-0.2, -0.15) is 5.10 Å². The molecule has 126 valence electrons. The van der Waals surface area contributed by atoms with Gasteiger partial charge in [0.25, 0.3) is 0 Å². The Kier molecular flexibility index (Phi) is 4.68. The second-order valence-electron chi connectivity index (χ2n) is 6.94. The predicted octanol–water partition coefficient (Wildman–Crippen LogP) is 2.57. The number of amides is 1. The van der Waals surface area contributed by atoms with E-state index in [1.165, 1.54) is 19.0 Å². The number of carboxylic acids is 1. The number of piperidine rings is 1. The predicted molar refractivity (Wildman–Crippen MR) is 85.2 cm³/mol. The molecule has 2 heterocycles. The Balaban J connectivity index is 1.57. The molecule has 1 aliphatic heterocycles. The van der Waals surface area contributed by atoms with E-state index >= 15 is 0 Å². The van der Waals surface area contributed by atoms with E-state index in [1.807, 2.05) is 4.90 Å². The normalized spacial score (nSPS) is 26.2. The van der Waals surface area contributed by atoms with Crippen LogP contribution in [0.25, 0.3) is 0 Å². The van der Waals surface area contributed by atoms with E-state index in [0.29, 0.717) is 11.8 Å². The summed E-state index contributed by atoms with van der Waals surface area (Å²) >= 11 is 0. The van der Waals surface area contributed by atoms with Gasteiger partial charge in [0.2, 0.25) is 5.91 Å². The highest BCUT2D eigenvalue weighted by Gasteiger charge is 2.33. The summed E-state index contributed by atoms with van der Waals surface area (Å²) in [4.78, 5) is 25.7. The molecule has 1 amide bonds. The number of carbonyl (C=O) groups is 2. The fourth-order valence-corrected chi connectivity index (χ4v) is 3.92. The van der Waals surface area contributed by atoms with Gasteiger partial charge in [-0.15, -0.1) is 0 Å². The molecule has 1 aromatic rings. The zero-order valence-corrected chi connectivity index (χ0v) is 13.6. The SMILES string of the molecule is CC1CCCCC1C(=O)N1CCC(n2cc(C(=O)O)cn2)CC1. The molecule has 1 saturated heterocycles. The van der Waals surface area contributed by atoms with Crippen molar-refractivity contribution < 1.29 is 14.7 Å². The van der Waals surface area contributed by atoms with Crippen LogP contribution in [0.5, 0.6) is 0 Å². The van der Waals surface area contributed by atoms with Crippen LogP contribution in [0.15, 0.2) is 12.4 Å². The quantitative estimate of drug-likeness (QED) is 0.929. The minimum absolute atomic E-state index is 0.191. The van der Waals surface area contributed by atoms with E-state index in [4.69, 9.17) is 5.11 Å². The lowest BCUT2D eigenvalue weighted by Crippen LogP contribution is -2.44. The van der Waals surface area contributed by atoms with Crippen LogP contribution in [0.4, 0.5) is 0 Å². The van der Waals surface area contributed by atoms with E-state index in [0.717, 1.165) is 38.8 Å². The molecule has 6 heteroatoms. The molecule has 23 heavy (non-hydrogen) atoms. The van der Waals surface area contributed by atoms with E-state index in [1.54, 1.807) is 10.9 Å². The number of nitrogens with zero attached hydrogens (tertiary/aromatic N) is 3. The van der Waals surface area contributed by atoms with Gasteiger partial charge in [0.15, 0.2) is 0 Å². The molecular formula is C17H25N3O3. The van der Waals surface area contributed by atoms with Crippen molar-refractivity contribution in [2.75, 3.05) is 13.1 Å². The summed E-state index contributed by atoms with van der Waals surface area (Å²) in [5, 5.41) is 13.1. The van der Waals surface area contributed by atoms with E-state index in [2.05, 4.69) is 12.0 Å². The Morgan fingerprint density at radius 1 is 1.17 bits per heavy atom. The molecule has 2 unspecified atom stereocenters. The largest absolute Gasteiger partial charge is 0.478 e. The van der Waals surface area contributed by atoms with Gasteiger partial charge in [-0.05, 0) is 31.6 Å². The molecule has 1 saturated carbocycles. The number of carbonyl (C=O) groups excluding carboxylic acids is 1. The third-order valence-corrected chi connectivity index (χ3v) is 5.43. The van der Waals surface area contributed by atoms with Crippen LogP contribution in [0, 0.1) is 11.8 Å². The number of likely N-dealkylation sites (tertiary alicyclic amines) is 1. The topological polar surface area (TPSA) is 75.4 Å². The lowest BCUT2D eigenvalue weighted by molar-refractivity contribution is -0.139. The molecule has 0 spiro atoms. The summed E-state index contributed by atoms with van der Waals surface area (Å²) in [6.45, 7) is 3.69. The molecule has 1 aromatic heterocycles. The van der Waals surface area contributed by atoms with Crippen molar-refractivity contribution in [3.8, 4) is 0 Å². The molecule has 2 aliphatic rings. The van der Waals surface area contributed by atoms with Crippen molar-refractivity contribution in [3.63, 3.8) is 0 Å². The lowest BCUT2D eigenvalue weighted by atomic mass is 9.79. The highest BCUT2D eigenvalue weighted by atomic mass is 16.4. The molecule has 0 radical (unpaired) electrons. The third-order valence-electron chi connectivity index (χ3n) is 5.43. The van der Waals surface area contributed by atoms with E-state index in [9.17, 15) is 9.59 Å². The van der Waals surface area contributed by atoms with E-state index < -0.39 is 5.97 Å². The van der Waals surface area contributed by atoms with Gasteiger partial charge in [0.05, 0.1) is 17.8 Å². The number of hydrogen-bond acceptors (Lipinski definition) is 3. The van der Waals surface area contributed by atoms with Gasteiger partial charge in [0.1, 0.15) is 0 Å². The molecular weight excluding hydrogens is 294 g/mol. The van der Waals surface area contributed by atoms with E-state index in [-0.39, 0.29) is 17.5 Å². The first-order valence-electron chi connectivity index (χ1n) is 8.62. The van der Waals surface area contributed by atoms with Gasteiger partial charge in [-0.25, -0.2) is 4.79 Å². The number of rotatable bonds is 3. The number of carboxylic acid groups (broad SMARTS) is 1. The zero-order valence-electron chi connectivity index (χ0n) is 13.6. The number of aromatic nitrogens is 2. The van der Waals surface area contributed by atoms with Gasteiger partial charge in [0, 0.05) is 25.2 Å². The van der Waals surface area contributed by atoms with Crippen LogP contribution in [0.1, 0.15) is 61.8 Å². The van der Waals surface area contributed by atoms with Crippen LogP contribution < -0.4 is 0 Å². The fourth-order valence-electron chi connectivity index (χ4n) is 3.92. The molecule has 1 aliphatic carbocycles. The maximum Gasteiger partial charge on any atom is 0.338 e. The van der Waals surface area contributed by atoms with Gasteiger partial charge in [-0.3, -0.25) is 9.48 Å². The number of aromatic carboxylic acids is 1. The van der Waals surface area contributed by atoms with Crippen molar-refractivity contribution in [2.24, 2.45) is 11.8 Å². The minimum Gasteiger partial charge on any atom is -0.478 e. The maximum atomic E-state index is 12.7. The van der Waals surface area contributed by atoms with Crippen molar-refractivity contribution >= 4 is 11.9 Å². The van der Waals surface area contributed by atoms with Crippen LogP contribution in [-0.2, 0) is 4.79 Å². The lowest BCUT2D eigenvalue weighted by Gasteiger charge is -2.37. The molecule has 3 rings (SSSR count). The third kappa shape index (κ3) is 3.41.